The van der Waals surface area contributed by atoms with Gasteiger partial charge in [-0.3, -0.25) is 0 Å². The number of benzene rings is 1. The second-order valence-corrected chi connectivity index (χ2v) is 4.60. The van der Waals surface area contributed by atoms with Gasteiger partial charge in [0.1, 0.15) is 0 Å². The lowest BCUT2D eigenvalue weighted by Gasteiger charge is -2.06. The number of aromatic nitrogens is 2. The third-order valence-corrected chi connectivity index (χ3v) is 3.13. The van der Waals surface area contributed by atoms with E-state index in [2.05, 4.69) is 24.0 Å². The Hall–Kier alpha value is -1.68. The van der Waals surface area contributed by atoms with E-state index in [1.807, 2.05) is 30.3 Å². The second-order valence-electron chi connectivity index (χ2n) is 4.60. The van der Waals surface area contributed by atoms with Crippen LogP contribution in [0.4, 0.5) is 0 Å². The standard InChI is InChI=1S/C14H19N3O/c1-3-10(2)13-16-14(18-17-13)12(15)9-11-7-5-4-6-8-11/h4-8,10,12H,3,9,15H2,1-2H3/t10?,12-/m1/s1. The van der Waals surface area contributed by atoms with Crippen molar-refractivity contribution in [1.82, 2.24) is 10.1 Å². The first-order valence-electron chi connectivity index (χ1n) is 6.33. The molecule has 0 aliphatic rings. The van der Waals surface area contributed by atoms with Crippen LogP contribution in [0.5, 0.6) is 0 Å². The number of rotatable bonds is 5. The predicted molar refractivity (Wildman–Crippen MR) is 70.1 cm³/mol. The Morgan fingerprint density at radius 1 is 1.28 bits per heavy atom. The van der Waals surface area contributed by atoms with Gasteiger partial charge in [-0.25, -0.2) is 0 Å². The van der Waals surface area contributed by atoms with Crippen molar-refractivity contribution in [3.8, 4) is 0 Å². The monoisotopic (exact) mass is 245 g/mol. The zero-order valence-electron chi connectivity index (χ0n) is 10.8. The minimum absolute atomic E-state index is 0.238. The van der Waals surface area contributed by atoms with Crippen molar-refractivity contribution in [2.45, 2.75) is 38.6 Å². The molecule has 2 aromatic rings. The van der Waals surface area contributed by atoms with E-state index in [0.717, 1.165) is 12.2 Å². The lowest BCUT2D eigenvalue weighted by Crippen LogP contribution is -2.14. The van der Waals surface area contributed by atoms with Crippen molar-refractivity contribution in [3.05, 3.63) is 47.6 Å². The summed E-state index contributed by atoms with van der Waals surface area (Å²) in [6.07, 6.45) is 1.70. The zero-order valence-corrected chi connectivity index (χ0v) is 10.8. The molecule has 2 atom stereocenters. The molecule has 1 heterocycles. The van der Waals surface area contributed by atoms with Gasteiger partial charge < -0.3 is 10.3 Å². The van der Waals surface area contributed by atoms with Crippen molar-refractivity contribution in [2.24, 2.45) is 5.73 Å². The van der Waals surface area contributed by atoms with Crippen LogP contribution in [0.2, 0.25) is 0 Å². The molecule has 0 amide bonds. The van der Waals surface area contributed by atoms with E-state index in [0.29, 0.717) is 18.2 Å². The first-order chi connectivity index (χ1) is 8.70. The first kappa shape index (κ1) is 12.8. The first-order valence-corrected chi connectivity index (χ1v) is 6.33. The normalized spacial score (nSPS) is 14.4. The van der Waals surface area contributed by atoms with Crippen LogP contribution < -0.4 is 5.73 Å². The third-order valence-electron chi connectivity index (χ3n) is 3.13. The maximum Gasteiger partial charge on any atom is 0.243 e. The Bertz CT molecular complexity index is 481. The van der Waals surface area contributed by atoms with Crippen LogP contribution in [0.1, 0.15) is 49.5 Å². The molecule has 4 heteroatoms. The quantitative estimate of drug-likeness (QED) is 0.879. The second kappa shape index (κ2) is 5.78. The van der Waals surface area contributed by atoms with Crippen LogP contribution in [0.3, 0.4) is 0 Å². The molecule has 96 valence electrons. The summed E-state index contributed by atoms with van der Waals surface area (Å²) in [4.78, 5) is 4.37. The fourth-order valence-corrected chi connectivity index (χ4v) is 1.74. The molecule has 0 radical (unpaired) electrons. The Morgan fingerprint density at radius 3 is 2.67 bits per heavy atom. The Morgan fingerprint density at radius 2 is 2.00 bits per heavy atom. The molecule has 2 rings (SSSR count). The highest BCUT2D eigenvalue weighted by Crippen LogP contribution is 2.19. The van der Waals surface area contributed by atoms with Crippen molar-refractivity contribution < 1.29 is 4.52 Å². The van der Waals surface area contributed by atoms with Crippen LogP contribution in [0.15, 0.2) is 34.9 Å². The van der Waals surface area contributed by atoms with Gasteiger partial charge in [0.15, 0.2) is 5.82 Å². The number of hydrogen-bond acceptors (Lipinski definition) is 4. The van der Waals surface area contributed by atoms with Crippen molar-refractivity contribution in [3.63, 3.8) is 0 Å². The largest absolute Gasteiger partial charge is 0.338 e. The molecule has 0 fully saturated rings. The van der Waals surface area contributed by atoms with Crippen molar-refractivity contribution >= 4 is 0 Å². The van der Waals surface area contributed by atoms with E-state index in [9.17, 15) is 0 Å². The van der Waals surface area contributed by atoms with Crippen molar-refractivity contribution in [1.29, 1.82) is 0 Å². The maximum absolute atomic E-state index is 6.09. The van der Waals surface area contributed by atoms with E-state index in [-0.39, 0.29) is 6.04 Å². The summed E-state index contributed by atoms with van der Waals surface area (Å²) in [5.41, 5.74) is 7.26. The summed E-state index contributed by atoms with van der Waals surface area (Å²) in [6.45, 7) is 4.18. The molecular formula is C14H19N3O. The number of nitrogens with zero attached hydrogens (tertiary/aromatic N) is 2. The van der Waals surface area contributed by atoms with E-state index >= 15 is 0 Å². The molecule has 0 saturated heterocycles. The molecule has 0 saturated carbocycles. The summed E-state index contributed by atoms with van der Waals surface area (Å²) in [7, 11) is 0. The van der Waals surface area contributed by atoms with Gasteiger partial charge in [-0.05, 0) is 18.4 Å². The Balaban J connectivity index is 2.05. The third kappa shape index (κ3) is 2.96. The fourth-order valence-electron chi connectivity index (χ4n) is 1.74. The predicted octanol–water partition coefficient (Wildman–Crippen LogP) is 2.83. The summed E-state index contributed by atoms with van der Waals surface area (Å²) < 4.78 is 5.24. The van der Waals surface area contributed by atoms with Crippen LogP contribution in [0, 0.1) is 0 Å². The van der Waals surface area contributed by atoms with Gasteiger partial charge >= 0.3 is 0 Å². The highest BCUT2D eigenvalue weighted by Gasteiger charge is 2.17. The summed E-state index contributed by atoms with van der Waals surface area (Å²) in [5, 5.41) is 3.98. The van der Waals surface area contributed by atoms with Gasteiger partial charge in [0.25, 0.3) is 0 Å². The lowest BCUT2D eigenvalue weighted by atomic mass is 10.1. The summed E-state index contributed by atoms with van der Waals surface area (Å²) in [6, 6.07) is 9.85. The Kier molecular flexibility index (Phi) is 4.10. The summed E-state index contributed by atoms with van der Waals surface area (Å²) in [5.74, 6) is 1.58. The molecule has 1 unspecified atom stereocenters. The van der Waals surface area contributed by atoms with Crippen LogP contribution in [-0.4, -0.2) is 10.1 Å². The maximum atomic E-state index is 6.09. The average molecular weight is 245 g/mol. The Labute approximate surface area is 107 Å². The number of hydrogen-bond donors (Lipinski definition) is 1. The van der Waals surface area contributed by atoms with E-state index in [4.69, 9.17) is 10.3 Å². The molecule has 2 N–H and O–H groups in total. The van der Waals surface area contributed by atoms with E-state index in [1.165, 1.54) is 5.56 Å². The van der Waals surface area contributed by atoms with E-state index < -0.39 is 0 Å². The van der Waals surface area contributed by atoms with Gasteiger partial charge in [0, 0.05) is 5.92 Å². The SMILES string of the molecule is CCC(C)c1noc([C@H](N)Cc2ccccc2)n1. The molecule has 0 spiro atoms. The average Bonchev–Trinajstić information content (AvgIpc) is 2.88. The topological polar surface area (TPSA) is 64.9 Å². The van der Waals surface area contributed by atoms with Crippen LogP contribution in [-0.2, 0) is 6.42 Å². The molecule has 1 aromatic heterocycles. The zero-order chi connectivity index (χ0) is 13.0. The van der Waals surface area contributed by atoms with Gasteiger partial charge in [0.05, 0.1) is 6.04 Å². The van der Waals surface area contributed by atoms with Crippen LogP contribution in [0.25, 0.3) is 0 Å². The van der Waals surface area contributed by atoms with Crippen LogP contribution >= 0.6 is 0 Å². The highest BCUT2D eigenvalue weighted by atomic mass is 16.5. The lowest BCUT2D eigenvalue weighted by molar-refractivity contribution is 0.348. The highest BCUT2D eigenvalue weighted by molar-refractivity contribution is 5.16. The smallest absolute Gasteiger partial charge is 0.243 e. The molecule has 0 aliphatic heterocycles. The van der Waals surface area contributed by atoms with Gasteiger partial charge in [-0.15, -0.1) is 0 Å². The minimum Gasteiger partial charge on any atom is -0.338 e. The summed E-state index contributed by atoms with van der Waals surface area (Å²) >= 11 is 0. The molecular weight excluding hydrogens is 226 g/mol. The fraction of sp³-hybridized carbons (Fsp3) is 0.429. The minimum atomic E-state index is -0.238. The number of nitrogens with two attached hydrogens (primary N) is 1. The van der Waals surface area contributed by atoms with Gasteiger partial charge in [0.2, 0.25) is 5.89 Å². The molecule has 18 heavy (non-hydrogen) atoms. The van der Waals surface area contributed by atoms with Gasteiger partial charge in [-0.2, -0.15) is 4.98 Å². The molecule has 1 aromatic carbocycles. The van der Waals surface area contributed by atoms with E-state index in [1.54, 1.807) is 0 Å². The molecule has 4 nitrogen and oxygen atoms in total. The molecule has 0 aliphatic carbocycles. The van der Waals surface area contributed by atoms with Gasteiger partial charge in [-0.1, -0.05) is 49.3 Å². The molecule has 0 bridgehead atoms. The van der Waals surface area contributed by atoms with Crippen molar-refractivity contribution in [2.75, 3.05) is 0 Å².